The first-order chi connectivity index (χ1) is 9.08. The Balaban J connectivity index is 2.36. The van der Waals surface area contributed by atoms with Crippen LogP contribution in [0.5, 0.6) is 0 Å². The zero-order valence-electron chi connectivity index (χ0n) is 11.7. The van der Waals surface area contributed by atoms with Crippen LogP contribution in [0.3, 0.4) is 0 Å². The SMILES string of the molecule is CCC(N)Cc1cc(C)nc(-c2cc(C)ccn2)n1. The van der Waals surface area contributed by atoms with Gasteiger partial charge in [-0.05, 0) is 44.0 Å². The van der Waals surface area contributed by atoms with Crippen LogP contribution in [0, 0.1) is 13.8 Å². The summed E-state index contributed by atoms with van der Waals surface area (Å²) >= 11 is 0. The highest BCUT2D eigenvalue weighted by Gasteiger charge is 2.09. The molecule has 0 aliphatic carbocycles. The van der Waals surface area contributed by atoms with Crippen molar-refractivity contribution in [2.75, 3.05) is 0 Å². The predicted molar refractivity (Wildman–Crippen MR) is 76.7 cm³/mol. The molecule has 19 heavy (non-hydrogen) atoms. The predicted octanol–water partition coefficient (Wildman–Crippen LogP) is 2.44. The van der Waals surface area contributed by atoms with Crippen molar-refractivity contribution in [2.45, 2.75) is 39.7 Å². The molecule has 2 rings (SSSR count). The monoisotopic (exact) mass is 256 g/mol. The Labute approximate surface area is 114 Å². The quantitative estimate of drug-likeness (QED) is 0.912. The van der Waals surface area contributed by atoms with Crippen LogP contribution in [0.2, 0.25) is 0 Å². The van der Waals surface area contributed by atoms with Gasteiger partial charge in [-0.15, -0.1) is 0 Å². The van der Waals surface area contributed by atoms with Crippen LogP contribution in [0.15, 0.2) is 24.4 Å². The summed E-state index contributed by atoms with van der Waals surface area (Å²) in [4.78, 5) is 13.4. The van der Waals surface area contributed by atoms with Gasteiger partial charge < -0.3 is 5.73 Å². The number of hydrogen-bond acceptors (Lipinski definition) is 4. The van der Waals surface area contributed by atoms with Crippen molar-refractivity contribution in [3.63, 3.8) is 0 Å². The van der Waals surface area contributed by atoms with Crippen molar-refractivity contribution in [3.05, 3.63) is 41.3 Å². The number of nitrogens with zero attached hydrogens (tertiary/aromatic N) is 3. The summed E-state index contributed by atoms with van der Waals surface area (Å²) in [5, 5.41) is 0. The summed E-state index contributed by atoms with van der Waals surface area (Å²) < 4.78 is 0. The van der Waals surface area contributed by atoms with E-state index < -0.39 is 0 Å². The van der Waals surface area contributed by atoms with Crippen molar-refractivity contribution in [3.8, 4) is 11.5 Å². The Bertz CT molecular complexity index is 566. The molecule has 2 aromatic rings. The molecule has 0 aliphatic rings. The Morgan fingerprint density at radius 1 is 1.21 bits per heavy atom. The normalized spacial score (nSPS) is 12.4. The first kappa shape index (κ1) is 13.6. The average molecular weight is 256 g/mol. The Kier molecular flexibility index (Phi) is 4.22. The first-order valence-corrected chi connectivity index (χ1v) is 6.61. The minimum absolute atomic E-state index is 0.146. The zero-order valence-corrected chi connectivity index (χ0v) is 11.7. The van der Waals surface area contributed by atoms with Gasteiger partial charge in [-0.3, -0.25) is 4.98 Å². The fourth-order valence-electron chi connectivity index (χ4n) is 1.92. The van der Waals surface area contributed by atoms with Crippen molar-refractivity contribution < 1.29 is 0 Å². The van der Waals surface area contributed by atoms with Crippen molar-refractivity contribution >= 4 is 0 Å². The second kappa shape index (κ2) is 5.89. The summed E-state index contributed by atoms with van der Waals surface area (Å²) in [6, 6.07) is 6.10. The summed E-state index contributed by atoms with van der Waals surface area (Å²) in [5.74, 6) is 0.682. The molecule has 0 bridgehead atoms. The Morgan fingerprint density at radius 2 is 2.00 bits per heavy atom. The van der Waals surface area contributed by atoms with E-state index in [4.69, 9.17) is 5.73 Å². The molecule has 0 fully saturated rings. The molecule has 4 heteroatoms. The lowest BCUT2D eigenvalue weighted by Gasteiger charge is -2.10. The van der Waals surface area contributed by atoms with Gasteiger partial charge in [0.15, 0.2) is 5.82 Å². The van der Waals surface area contributed by atoms with Crippen molar-refractivity contribution in [2.24, 2.45) is 5.73 Å². The van der Waals surface area contributed by atoms with E-state index in [1.54, 1.807) is 6.20 Å². The molecule has 2 N–H and O–H groups in total. The van der Waals surface area contributed by atoms with E-state index in [0.717, 1.165) is 35.5 Å². The van der Waals surface area contributed by atoms with Gasteiger partial charge in [0.25, 0.3) is 0 Å². The van der Waals surface area contributed by atoms with Gasteiger partial charge in [-0.25, -0.2) is 9.97 Å². The molecule has 1 unspecified atom stereocenters. The zero-order chi connectivity index (χ0) is 13.8. The third kappa shape index (κ3) is 3.58. The molecule has 0 spiro atoms. The highest BCUT2D eigenvalue weighted by molar-refractivity contribution is 5.50. The Morgan fingerprint density at radius 3 is 2.68 bits per heavy atom. The van der Waals surface area contributed by atoms with E-state index in [1.807, 2.05) is 32.0 Å². The van der Waals surface area contributed by atoms with Crippen molar-refractivity contribution in [1.29, 1.82) is 0 Å². The van der Waals surface area contributed by atoms with Gasteiger partial charge >= 0.3 is 0 Å². The fourth-order valence-corrected chi connectivity index (χ4v) is 1.92. The molecular weight excluding hydrogens is 236 g/mol. The van der Waals surface area contributed by atoms with Gasteiger partial charge in [0.1, 0.15) is 5.69 Å². The van der Waals surface area contributed by atoms with E-state index in [9.17, 15) is 0 Å². The molecule has 0 saturated heterocycles. The van der Waals surface area contributed by atoms with Crippen LogP contribution >= 0.6 is 0 Å². The standard InChI is InChI=1S/C15H20N4/c1-4-12(16)9-13-8-11(3)18-15(19-13)14-7-10(2)5-6-17-14/h5-8,12H,4,9,16H2,1-3H3. The van der Waals surface area contributed by atoms with E-state index >= 15 is 0 Å². The number of aryl methyl sites for hydroxylation is 2. The molecule has 0 radical (unpaired) electrons. The van der Waals surface area contributed by atoms with Crippen LogP contribution in [0.4, 0.5) is 0 Å². The lowest BCUT2D eigenvalue weighted by atomic mass is 10.1. The highest BCUT2D eigenvalue weighted by atomic mass is 14.9. The van der Waals surface area contributed by atoms with E-state index in [1.165, 1.54) is 0 Å². The molecule has 0 amide bonds. The number of nitrogens with two attached hydrogens (primary N) is 1. The third-order valence-corrected chi connectivity index (χ3v) is 3.05. The first-order valence-electron chi connectivity index (χ1n) is 6.61. The van der Waals surface area contributed by atoms with E-state index in [0.29, 0.717) is 5.82 Å². The van der Waals surface area contributed by atoms with Crippen LogP contribution in [0.25, 0.3) is 11.5 Å². The minimum Gasteiger partial charge on any atom is -0.327 e. The van der Waals surface area contributed by atoms with E-state index in [-0.39, 0.29) is 6.04 Å². The topological polar surface area (TPSA) is 64.7 Å². The summed E-state index contributed by atoms with van der Waals surface area (Å²) in [6.45, 7) is 6.10. The van der Waals surface area contributed by atoms with Crippen LogP contribution in [-0.2, 0) is 6.42 Å². The van der Waals surface area contributed by atoms with Crippen LogP contribution in [-0.4, -0.2) is 21.0 Å². The second-order valence-electron chi connectivity index (χ2n) is 4.92. The highest BCUT2D eigenvalue weighted by Crippen LogP contribution is 2.15. The number of rotatable bonds is 4. The maximum absolute atomic E-state index is 5.99. The molecule has 4 nitrogen and oxygen atoms in total. The fraction of sp³-hybridized carbons (Fsp3) is 0.400. The minimum atomic E-state index is 0.146. The molecular formula is C15H20N4. The molecule has 1 atom stereocenters. The molecule has 2 heterocycles. The maximum Gasteiger partial charge on any atom is 0.178 e. The Hall–Kier alpha value is -1.81. The van der Waals surface area contributed by atoms with Crippen LogP contribution in [0.1, 0.15) is 30.3 Å². The molecule has 2 aromatic heterocycles. The lowest BCUT2D eigenvalue weighted by Crippen LogP contribution is -2.22. The molecule has 0 saturated carbocycles. The van der Waals surface area contributed by atoms with Crippen molar-refractivity contribution in [1.82, 2.24) is 15.0 Å². The average Bonchev–Trinajstić information content (AvgIpc) is 2.38. The van der Waals surface area contributed by atoms with Crippen LogP contribution < -0.4 is 5.73 Å². The van der Waals surface area contributed by atoms with Gasteiger partial charge in [0.05, 0.1) is 0 Å². The summed E-state index contributed by atoms with van der Waals surface area (Å²) in [7, 11) is 0. The van der Waals surface area contributed by atoms with Gasteiger partial charge in [0, 0.05) is 30.0 Å². The van der Waals surface area contributed by atoms with Gasteiger partial charge in [-0.1, -0.05) is 6.92 Å². The van der Waals surface area contributed by atoms with E-state index in [2.05, 4.69) is 21.9 Å². The molecule has 0 aliphatic heterocycles. The smallest absolute Gasteiger partial charge is 0.178 e. The lowest BCUT2D eigenvalue weighted by molar-refractivity contribution is 0.635. The maximum atomic E-state index is 5.99. The summed E-state index contributed by atoms with van der Waals surface area (Å²) in [6.07, 6.45) is 3.51. The second-order valence-corrected chi connectivity index (χ2v) is 4.92. The molecule has 0 aromatic carbocycles. The van der Waals surface area contributed by atoms with Gasteiger partial charge in [-0.2, -0.15) is 0 Å². The number of hydrogen-bond donors (Lipinski definition) is 1. The molecule has 100 valence electrons. The summed E-state index contributed by atoms with van der Waals surface area (Å²) in [5.41, 5.74) is 9.90. The largest absolute Gasteiger partial charge is 0.327 e. The third-order valence-electron chi connectivity index (χ3n) is 3.05. The number of pyridine rings is 1. The number of aromatic nitrogens is 3. The van der Waals surface area contributed by atoms with Gasteiger partial charge in [0.2, 0.25) is 0 Å².